The van der Waals surface area contributed by atoms with Gasteiger partial charge in [-0.25, -0.2) is 4.39 Å². The van der Waals surface area contributed by atoms with Crippen LogP contribution in [0.1, 0.15) is 11.1 Å². The molecular formula is C14H8BrClFNO. The molecule has 0 fully saturated rings. The first kappa shape index (κ1) is 13.9. The molecule has 19 heavy (non-hydrogen) atoms. The Morgan fingerprint density at radius 2 is 2.05 bits per heavy atom. The van der Waals surface area contributed by atoms with Crippen molar-refractivity contribution in [2.24, 2.45) is 0 Å². The molecule has 0 amide bonds. The van der Waals surface area contributed by atoms with Crippen LogP contribution in [0.15, 0.2) is 40.9 Å². The smallest absolute Gasteiger partial charge is 0.138 e. The average molecular weight is 341 g/mol. The summed E-state index contributed by atoms with van der Waals surface area (Å²) in [5, 5.41) is 9.08. The van der Waals surface area contributed by atoms with E-state index in [4.69, 9.17) is 21.6 Å². The van der Waals surface area contributed by atoms with Crippen LogP contribution in [0.3, 0.4) is 0 Å². The normalized spacial score (nSPS) is 10.0. The quantitative estimate of drug-likeness (QED) is 0.812. The van der Waals surface area contributed by atoms with Crippen molar-refractivity contribution in [3.63, 3.8) is 0 Å². The Morgan fingerprint density at radius 3 is 2.68 bits per heavy atom. The molecule has 2 rings (SSSR count). The van der Waals surface area contributed by atoms with E-state index in [2.05, 4.69) is 15.9 Å². The van der Waals surface area contributed by atoms with E-state index < -0.39 is 0 Å². The third-order valence-corrected chi connectivity index (χ3v) is 3.13. The van der Waals surface area contributed by atoms with Crippen LogP contribution in [0, 0.1) is 17.1 Å². The van der Waals surface area contributed by atoms with Crippen LogP contribution in [-0.4, -0.2) is 0 Å². The topological polar surface area (TPSA) is 33.0 Å². The van der Waals surface area contributed by atoms with Crippen LogP contribution in [0.25, 0.3) is 0 Å². The van der Waals surface area contributed by atoms with Crippen LogP contribution in [0.4, 0.5) is 4.39 Å². The van der Waals surface area contributed by atoms with Crippen LogP contribution in [0.2, 0.25) is 5.02 Å². The molecule has 0 bridgehead atoms. The summed E-state index contributed by atoms with van der Waals surface area (Å²) in [5.41, 5.74) is 1.15. The van der Waals surface area contributed by atoms with Crippen molar-refractivity contribution in [1.29, 1.82) is 5.26 Å². The molecule has 2 nitrogen and oxygen atoms in total. The monoisotopic (exact) mass is 339 g/mol. The molecule has 0 spiro atoms. The molecule has 2 aromatic rings. The highest BCUT2D eigenvalue weighted by molar-refractivity contribution is 9.10. The minimum atomic E-state index is -0.334. The SMILES string of the molecule is N#Cc1ccc(OCc2cc(F)cc(Br)c2)c(Cl)c1. The van der Waals surface area contributed by atoms with Crippen LogP contribution < -0.4 is 4.74 Å². The second-order valence-electron chi connectivity index (χ2n) is 3.82. The molecule has 0 saturated carbocycles. The summed E-state index contributed by atoms with van der Waals surface area (Å²) in [6, 6.07) is 11.3. The Balaban J connectivity index is 2.12. The van der Waals surface area contributed by atoms with Gasteiger partial charge in [-0.1, -0.05) is 27.5 Å². The van der Waals surface area contributed by atoms with Gasteiger partial charge in [0.2, 0.25) is 0 Å². The Kier molecular flexibility index (Phi) is 4.41. The van der Waals surface area contributed by atoms with Crippen molar-refractivity contribution < 1.29 is 9.13 Å². The molecule has 0 aliphatic heterocycles. The van der Waals surface area contributed by atoms with Crippen molar-refractivity contribution in [2.45, 2.75) is 6.61 Å². The van der Waals surface area contributed by atoms with Gasteiger partial charge in [0, 0.05) is 4.47 Å². The maximum atomic E-state index is 13.2. The summed E-state index contributed by atoms with van der Waals surface area (Å²) in [5.74, 6) is 0.125. The van der Waals surface area contributed by atoms with E-state index >= 15 is 0 Å². The largest absolute Gasteiger partial charge is 0.487 e. The van der Waals surface area contributed by atoms with Crippen molar-refractivity contribution in [2.75, 3.05) is 0 Å². The van der Waals surface area contributed by atoms with Gasteiger partial charge in [-0.2, -0.15) is 5.26 Å². The maximum Gasteiger partial charge on any atom is 0.138 e. The number of rotatable bonds is 3. The van der Waals surface area contributed by atoms with E-state index in [0.717, 1.165) is 0 Å². The number of nitrogens with zero attached hydrogens (tertiary/aromatic N) is 1. The molecule has 0 aromatic heterocycles. The molecule has 0 atom stereocenters. The first-order chi connectivity index (χ1) is 9.08. The third-order valence-electron chi connectivity index (χ3n) is 2.38. The third kappa shape index (κ3) is 3.69. The molecule has 0 heterocycles. The van der Waals surface area contributed by atoms with Gasteiger partial charge in [0.25, 0.3) is 0 Å². The van der Waals surface area contributed by atoms with E-state index in [9.17, 15) is 4.39 Å². The Hall–Kier alpha value is -1.57. The summed E-state index contributed by atoms with van der Waals surface area (Å²) >= 11 is 9.19. The summed E-state index contributed by atoms with van der Waals surface area (Å²) in [4.78, 5) is 0. The predicted octanol–water partition coefficient (Wildman–Crippen LogP) is 4.69. The average Bonchev–Trinajstić information content (AvgIpc) is 2.36. The molecule has 0 saturated heterocycles. The van der Waals surface area contributed by atoms with Crippen LogP contribution >= 0.6 is 27.5 Å². The second kappa shape index (κ2) is 6.05. The number of hydrogen-bond acceptors (Lipinski definition) is 2. The number of benzene rings is 2. The summed E-state index contributed by atoms with van der Waals surface area (Å²) in [7, 11) is 0. The van der Waals surface area contributed by atoms with Crippen LogP contribution in [-0.2, 0) is 6.61 Å². The first-order valence-corrected chi connectivity index (χ1v) is 6.53. The molecule has 0 unspecified atom stereocenters. The van der Waals surface area contributed by atoms with E-state index in [1.165, 1.54) is 18.2 Å². The molecule has 96 valence electrons. The van der Waals surface area contributed by atoms with Gasteiger partial charge in [0.05, 0.1) is 16.7 Å². The minimum absolute atomic E-state index is 0.196. The number of ether oxygens (including phenoxy) is 1. The molecular weight excluding hydrogens is 333 g/mol. The summed E-state index contributed by atoms with van der Waals surface area (Å²) in [6.45, 7) is 0.196. The fraction of sp³-hybridized carbons (Fsp3) is 0.0714. The molecule has 0 N–H and O–H groups in total. The number of hydrogen-bond donors (Lipinski definition) is 0. The Bertz CT molecular complexity index is 634. The lowest BCUT2D eigenvalue weighted by Crippen LogP contribution is -1.97. The zero-order valence-electron chi connectivity index (χ0n) is 9.66. The highest BCUT2D eigenvalue weighted by atomic mass is 79.9. The summed E-state index contributed by atoms with van der Waals surface area (Å²) < 4.78 is 19.3. The van der Waals surface area contributed by atoms with Crippen molar-refractivity contribution in [1.82, 2.24) is 0 Å². The fourth-order valence-corrected chi connectivity index (χ4v) is 2.29. The maximum absolute atomic E-state index is 13.2. The van der Waals surface area contributed by atoms with Crippen LogP contribution in [0.5, 0.6) is 5.75 Å². The zero-order valence-corrected chi connectivity index (χ0v) is 12.0. The molecule has 0 aliphatic carbocycles. The Morgan fingerprint density at radius 1 is 1.26 bits per heavy atom. The molecule has 0 aliphatic rings. The molecule has 2 aromatic carbocycles. The van der Waals surface area contributed by atoms with E-state index in [1.54, 1.807) is 18.2 Å². The Labute approximate surface area is 123 Å². The van der Waals surface area contributed by atoms with Gasteiger partial charge in [-0.05, 0) is 42.0 Å². The first-order valence-electron chi connectivity index (χ1n) is 5.36. The zero-order chi connectivity index (χ0) is 13.8. The highest BCUT2D eigenvalue weighted by Gasteiger charge is 2.05. The number of nitriles is 1. The minimum Gasteiger partial charge on any atom is -0.487 e. The molecule has 0 radical (unpaired) electrons. The van der Waals surface area contributed by atoms with E-state index in [0.29, 0.717) is 26.4 Å². The fourth-order valence-electron chi connectivity index (χ4n) is 1.54. The summed E-state index contributed by atoms with van der Waals surface area (Å²) in [6.07, 6.45) is 0. The van der Waals surface area contributed by atoms with E-state index in [-0.39, 0.29) is 12.4 Å². The molecule has 5 heteroatoms. The highest BCUT2D eigenvalue weighted by Crippen LogP contribution is 2.26. The standard InChI is InChI=1S/C14H8BrClFNO/c15-11-3-10(4-12(17)6-11)8-19-14-2-1-9(7-18)5-13(14)16/h1-6H,8H2. The number of halogens is 3. The second-order valence-corrected chi connectivity index (χ2v) is 5.15. The lowest BCUT2D eigenvalue weighted by molar-refractivity contribution is 0.305. The van der Waals surface area contributed by atoms with Crippen molar-refractivity contribution in [3.05, 3.63) is 62.8 Å². The van der Waals surface area contributed by atoms with Crippen molar-refractivity contribution >= 4 is 27.5 Å². The van der Waals surface area contributed by atoms with Gasteiger partial charge < -0.3 is 4.74 Å². The lowest BCUT2D eigenvalue weighted by Gasteiger charge is -2.08. The van der Waals surface area contributed by atoms with Gasteiger partial charge >= 0.3 is 0 Å². The van der Waals surface area contributed by atoms with Gasteiger partial charge in [0.15, 0.2) is 0 Å². The lowest BCUT2D eigenvalue weighted by atomic mass is 10.2. The van der Waals surface area contributed by atoms with Gasteiger partial charge in [0.1, 0.15) is 18.2 Å². The van der Waals surface area contributed by atoms with Gasteiger partial charge in [-0.3, -0.25) is 0 Å². The predicted molar refractivity (Wildman–Crippen MR) is 74.6 cm³/mol. The van der Waals surface area contributed by atoms with Gasteiger partial charge in [-0.15, -0.1) is 0 Å². The van der Waals surface area contributed by atoms with E-state index in [1.807, 2.05) is 6.07 Å². The van der Waals surface area contributed by atoms with Crippen molar-refractivity contribution in [3.8, 4) is 11.8 Å².